The molecule has 1 heterocycles. The third-order valence-electron chi connectivity index (χ3n) is 1.91. The molecular weight excluding hydrogens is 272 g/mol. The number of hydrogen-bond acceptors (Lipinski definition) is 8. The fourth-order valence-electron chi connectivity index (χ4n) is 1.21. The van der Waals surface area contributed by atoms with Gasteiger partial charge in [-0.2, -0.15) is 26.7 Å². The van der Waals surface area contributed by atoms with Crippen LogP contribution in [0.4, 0.5) is 11.9 Å². The summed E-state index contributed by atoms with van der Waals surface area (Å²) in [7, 11) is 0. The van der Waals surface area contributed by atoms with Gasteiger partial charge in [-0.05, 0) is 0 Å². The SMILES string of the molecule is CC(=O)N[C@@H](CSCc1nc(N)nc(N)n1)C(=O)O. The summed E-state index contributed by atoms with van der Waals surface area (Å²) in [5.41, 5.74) is 10.8. The van der Waals surface area contributed by atoms with Crippen molar-refractivity contribution >= 4 is 35.5 Å². The molecule has 1 aromatic heterocycles. The zero-order valence-electron chi connectivity index (χ0n) is 10.2. The first kappa shape index (κ1) is 15.0. The molecule has 1 atom stereocenters. The van der Waals surface area contributed by atoms with Crippen molar-refractivity contribution in [2.24, 2.45) is 0 Å². The number of thioether (sulfide) groups is 1. The Bertz CT molecular complexity index is 463. The number of nitrogens with one attached hydrogen (secondary N) is 1. The van der Waals surface area contributed by atoms with E-state index in [2.05, 4.69) is 20.3 Å². The summed E-state index contributed by atoms with van der Waals surface area (Å²) in [6, 6.07) is -0.959. The molecule has 104 valence electrons. The maximum absolute atomic E-state index is 10.9. The molecule has 1 amide bonds. The van der Waals surface area contributed by atoms with Crippen molar-refractivity contribution < 1.29 is 14.7 Å². The number of aromatic nitrogens is 3. The van der Waals surface area contributed by atoms with Crippen LogP contribution in [0, 0.1) is 0 Å². The van der Waals surface area contributed by atoms with E-state index in [0.717, 1.165) is 0 Å². The van der Waals surface area contributed by atoms with Gasteiger partial charge in [0.05, 0.1) is 5.75 Å². The van der Waals surface area contributed by atoms with Crippen molar-refractivity contribution in [3.05, 3.63) is 5.82 Å². The second kappa shape index (κ2) is 6.73. The van der Waals surface area contributed by atoms with E-state index >= 15 is 0 Å². The monoisotopic (exact) mass is 286 g/mol. The second-order valence-electron chi connectivity index (χ2n) is 3.57. The van der Waals surface area contributed by atoms with E-state index in [9.17, 15) is 9.59 Å². The summed E-state index contributed by atoms with van der Waals surface area (Å²) >= 11 is 1.24. The van der Waals surface area contributed by atoms with Crippen LogP contribution in [-0.2, 0) is 15.3 Å². The number of aliphatic carboxylic acids is 1. The number of carbonyl (C=O) groups excluding carboxylic acids is 1. The molecule has 0 spiro atoms. The van der Waals surface area contributed by atoms with Crippen molar-refractivity contribution in [1.82, 2.24) is 20.3 Å². The molecule has 1 rings (SSSR count). The van der Waals surface area contributed by atoms with Gasteiger partial charge < -0.3 is 21.9 Å². The number of anilines is 2. The van der Waals surface area contributed by atoms with E-state index in [-0.39, 0.29) is 17.6 Å². The number of amides is 1. The predicted molar refractivity (Wildman–Crippen MR) is 70.1 cm³/mol. The van der Waals surface area contributed by atoms with E-state index in [0.29, 0.717) is 11.6 Å². The first-order valence-corrected chi connectivity index (χ1v) is 6.37. The lowest BCUT2D eigenvalue weighted by Gasteiger charge is -2.12. The number of nitrogens with two attached hydrogens (primary N) is 2. The molecule has 10 heteroatoms. The Morgan fingerprint density at radius 2 is 1.89 bits per heavy atom. The topological polar surface area (TPSA) is 157 Å². The number of carbonyl (C=O) groups is 2. The predicted octanol–water partition coefficient (Wildman–Crippen LogP) is -1.14. The Balaban J connectivity index is 2.51. The smallest absolute Gasteiger partial charge is 0.327 e. The Morgan fingerprint density at radius 1 is 1.32 bits per heavy atom. The van der Waals surface area contributed by atoms with Crippen LogP contribution in [0.5, 0.6) is 0 Å². The van der Waals surface area contributed by atoms with Crippen LogP contribution >= 0.6 is 11.8 Å². The molecule has 9 nitrogen and oxygen atoms in total. The van der Waals surface area contributed by atoms with Gasteiger partial charge in [0.2, 0.25) is 17.8 Å². The first-order valence-electron chi connectivity index (χ1n) is 5.22. The maximum Gasteiger partial charge on any atom is 0.327 e. The lowest BCUT2D eigenvalue weighted by atomic mass is 10.3. The second-order valence-corrected chi connectivity index (χ2v) is 4.60. The molecule has 0 saturated carbocycles. The number of hydrogen-bond donors (Lipinski definition) is 4. The molecule has 0 aromatic carbocycles. The summed E-state index contributed by atoms with van der Waals surface area (Å²) in [6.07, 6.45) is 0. The van der Waals surface area contributed by atoms with Gasteiger partial charge in [0, 0.05) is 12.7 Å². The van der Waals surface area contributed by atoms with Gasteiger partial charge in [0.25, 0.3) is 0 Å². The zero-order chi connectivity index (χ0) is 14.4. The fourth-order valence-corrected chi connectivity index (χ4v) is 2.10. The van der Waals surface area contributed by atoms with Gasteiger partial charge in [0.1, 0.15) is 11.9 Å². The highest BCUT2D eigenvalue weighted by Crippen LogP contribution is 2.11. The van der Waals surface area contributed by atoms with Gasteiger partial charge in [-0.3, -0.25) is 4.79 Å². The Hall–Kier alpha value is -2.10. The number of nitrogens with zero attached hydrogens (tertiary/aromatic N) is 3. The number of nitrogen functional groups attached to an aromatic ring is 2. The molecule has 0 saturated heterocycles. The van der Waals surface area contributed by atoms with Crippen molar-refractivity contribution in [2.75, 3.05) is 17.2 Å². The zero-order valence-corrected chi connectivity index (χ0v) is 11.0. The van der Waals surface area contributed by atoms with Gasteiger partial charge >= 0.3 is 5.97 Å². The van der Waals surface area contributed by atoms with Crippen LogP contribution < -0.4 is 16.8 Å². The van der Waals surface area contributed by atoms with Crippen LogP contribution in [0.15, 0.2) is 0 Å². The van der Waals surface area contributed by atoms with Gasteiger partial charge in [0.15, 0.2) is 0 Å². The molecule has 0 aliphatic rings. The number of carboxylic acids is 1. The minimum Gasteiger partial charge on any atom is -0.480 e. The van der Waals surface area contributed by atoms with E-state index in [1.165, 1.54) is 18.7 Å². The Morgan fingerprint density at radius 3 is 2.37 bits per heavy atom. The van der Waals surface area contributed by atoms with Gasteiger partial charge in [-0.15, -0.1) is 0 Å². The Kier molecular flexibility index (Phi) is 5.30. The fraction of sp³-hybridized carbons (Fsp3) is 0.444. The molecular formula is C9H14N6O3S. The van der Waals surface area contributed by atoms with E-state index in [1.54, 1.807) is 0 Å². The minimum atomic E-state index is -1.10. The molecule has 6 N–H and O–H groups in total. The third-order valence-corrected chi connectivity index (χ3v) is 2.94. The minimum absolute atomic E-state index is 0.0137. The van der Waals surface area contributed by atoms with Crippen molar-refractivity contribution in [3.63, 3.8) is 0 Å². The summed E-state index contributed by atoms with van der Waals surface area (Å²) in [4.78, 5) is 33.0. The van der Waals surface area contributed by atoms with Crippen LogP contribution in [0.2, 0.25) is 0 Å². The quantitative estimate of drug-likeness (QED) is 0.507. The highest BCUT2D eigenvalue weighted by molar-refractivity contribution is 7.98. The van der Waals surface area contributed by atoms with Crippen LogP contribution in [0.25, 0.3) is 0 Å². The first-order chi connectivity index (χ1) is 8.88. The number of carboxylic acid groups (broad SMARTS) is 1. The standard InChI is InChI=1S/C9H14N6O3S/c1-4(16)12-5(7(17)18)2-19-3-6-13-8(10)15-9(11)14-6/h5H,2-3H2,1H3,(H,12,16)(H,17,18)(H4,10,11,13,14,15)/t5-/m0/s1. The molecule has 0 fully saturated rings. The summed E-state index contributed by atoms with van der Waals surface area (Å²) in [5.74, 6) is -0.610. The van der Waals surface area contributed by atoms with Crippen molar-refractivity contribution in [3.8, 4) is 0 Å². The molecule has 1 aromatic rings. The van der Waals surface area contributed by atoms with Crippen LogP contribution in [-0.4, -0.2) is 43.7 Å². The van der Waals surface area contributed by atoms with Gasteiger partial charge in [-0.25, -0.2) is 4.79 Å². The molecule has 0 aliphatic carbocycles. The molecule has 19 heavy (non-hydrogen) atoms. The van der Waals surface area contributed by atoms with Gasteiger partial charge in [-0.1, -0.05) is 0 Å². The van der Waals surface area contributed by atoms with E-state index in [4.69, 9.17) is 16.6 Å². The average molecular weight is 286 g/mol. The molecule has 0 bridgehead atoms. The average Bonchev–Trinajstić information content (AvgIpc) is 2.25. The van der Waals surface area contributed by atoms with Crippen molar-refractivity contribution in [1.29, 1.82) is 0 Å². The Labute approximate surface area is 113 Å². The number of rotatable bonds is 6. The largest absolute Gasteiger partial charge is 0.480 e. The summed E-state index contributed by atoms with van der Waals surface area (Å²) in [6.45, 7) is 1.26. The molecule has 0 aliphatic heterocycles. The summed E-state index contributed by atoms with van der Waals surface area (Å²) in [5, 5.41) is 11.2. The van der Waals surface area contributed by atoms with Crippen LogP contribution in [0.3, 0.4) is 0 Å². The van der Waals surface area contributed by atoms with Crippen molar-refractivity contribution in [2.45, 2.75) is 18.7 Å². The molecule has 0 unspecified atom stereocenters. The highest BCUT2D eigenvalue weighted by atomic mass is 32.2. The van der Waals surface area contributed by atoms with E-state index < -0.39 is 17.9 Å². The lowest BCUT2D eigenvalue weighted by molar-refractivity contribution is -0.140. The third kappa shape index (κ3) is 5.38. The highest BCUT2D eigenvalue weighted by Gasteiger charge is 2.18. The normalized spacial score (nSPS) is 11.8. The molecule has 0 radical (unpaired) electrons. The maximum atomic E-state index is 10.9. The van der Waals surface area contributed by atoms with Crippen LogP contribution in [0.1, 0.15) is 12.7 Å². The lowest BCUT2D eigenvalue weighted by Crippen LogP contribution is -2.41. The summed E-state index contributed by atoms with van der Waals surface area (Å²) < 4.78 is 0. The van der Waals surface area contributed by atoms with E-state index in [1.807, 2.05) is 0 Å².